The van der Waals surface area contributed by atoms with Crippen molar-refractivity contribution in [3.05, 3.63) is 17.0 Å². The summed E-state index contributed by atoms with van der Waals surface area (Å²) in [4.78, 5) is 14.0. The van der Waals surface area contributed by atoms with E-state index >= 15 is 0 Å². The maximum atomic E-state index is 12.5. The topological polar surface area (TPSA) is 80.5 Å². The first-order chi connectivity index (χ1) is 10.5. The van der Waals surface area contributed by atoms with Crippen LogP contribution < -0.4 is 0 Å². The number of rotatable bonds is 4. The molecule has 0 aliphatic carbocycles. The van der Waals surface area contributed by atoms with Gasteiger partial charge in [-0.15, -0.1) is 0 Å². The summed E-state index contributed by atoms with van der Waals surface area (Å²) in [5.41, 5.74) is 1.78. The maximum Gasteiger partial charge on any atom is 0.222 e. The number of likely N-dealkylation sites (tertiary alicyclic amines) is 1. The van der Waals surface area contributed by atoms with Crippen LogP contribution in [0.1, 0.15) is 50.6 Å². The summed E-state index contributed by atoms with van der Waals surface area (Å²) < 4.78 is 29.3. The van der Waals surface area contributed by atoms with Crippen LogP contribution >= 0.6 is 0 Å². The predicted molar refractivity (Wildman–Crippen MR) is 88.0 cm³/mol. The van der Waals surface area contributed by atoms with Crippen LogP contribution in [-0.2, 0) is 21.1 Å². The Kier molecular flexibility index (Phi) is 4.89. The summed E-state index contributed by atoms with van der Waals surface area (Å²) in [6, 6.07) is 0. The summed E-state index contributed by atoms with van der Waals surface area (Å²) in [5, 5.41) is 3.43. The quantitative estimate of drug-likeness (QED) is 0.836. The lowest BCUT2D eigenvalue weighted by Crippen LogP contribution is -2.39. The number of aryl methyl sites for hydroxylation is 2. The van der Waals surface area contributed by atoms with Crippen LogP contribution in [0.5, 0.6) is 0 Å². The Bertz CT molecular complexity index is 666. The zero-order chi connectivity index (χ0) is 17.4. The summed E-state index contributed by atoms with van der Waals surface area (Å²) in [6.07, 6.45) is 1.45. The lowest BCUT2D eigenvalue weighted by molar-refractivity contribution is -0.130. The molecule has 0 aromatic carbocycles. The van der Waals surface area contributed by atoms with Crippen LogP contribution in [-0.4, -0.2) is 47.5 Å². The smallest absolute Gasteiger partial charge is 0.222 e. The Balaban J connectivity index is 1.96. The Morgan fingerprint density at radius 2 is 2.00 bits per heavy atom. The fourth-order valence-corrected chi connectivity index (χ4v) is 4.75. The van der Waals surface area contributed by atoms with Gasteiger partial charge in [0.1, 0.15) is 5.76 Å². The van der Waals surface area contributed by atoms with Crippen molar-refractivity contribution in [1.29, 1.82) is 0 Å². The zero-order valence-electron chi connectivity index (χ0n) is 14.5. The molecule has 1 amide bonds. The molecular weight excluding hydrogens is 316 g/mol. The Morgan fingerprint density at radius 3 is 2.52 bits per heavy atom. The third-order valence-electron chi connectivity index (χ3n) is 4.56. The van der Waals surface area contributed by atoms with E-state index in [1.165, 1.54) is 0 Å². The molecule has 0 N–H and O–H groups in total. The molecule has 2 heterocycles. The molecule has 23 heavy (non-hydrogen) atoms. The van der Waals surface area contributed by atoms with Gasteiger partial charge in [-0.2, -0.15) is 0 Å². The molecule has 1 saturated heterocycles. The number of carbonyl (C=O) groups excluding carboxylic acids is 1. The van der Waals surface area contributed by atoms with E-state index in [9.17, 15) is 13.2 Å². The largest absolute Gasteiger partial charge is 0.361 e. The molecule has 1 aliphatic rings. The van der Waals surface area contributed by atoms with Gasteiger partial charge in [0.2, 0.25) is 5.91 Å². The third kappa shape index (κ3) is 3.59. The van der Waals surface area contributed by atoms with Gasteiger partial charge >= 0.3 is 0 Å². The fraction of sp³-hybridized carbons (Fsp3) is 0.750. The van der Waals surface area contributed by atoms with Crippen molar-refractivity contribution in [2.24, 2.45) is 0 Å². The summed E-state index contributed by atoms with van der Waals surface area (Å²) in [5.74, 6) is 0.738. The first-order valence-corrected chi connectivity index (χ1v) is 9.51. The Hall–Kier alpha value is -1.37. The van der Waals surface area contributed by atoms with Gasteiger partial charge in [-0.1, -0.05) is 5.16 Å². The van der Waals surface area contributed by atoms with Gasteiger partial charge < -0.3 is 9.42 Å². The number of hydrogen-bond donors (Lipinski definition) is 0. The van der Waals surface area contributed by atoms with Crippen LogP contribution in [0.25, 0.3) is 0 Å². The molecule has 130 valence electrons. The van der Waals surface area contributed by atoms with E-state index in [-0.39, 0.29) is 5.91 Å². The minimum absolute atomic E-state index is 0.00314. The van der Waals surface area contributed by atoms with Gasteiger partial charge in [0, 0.05) is 25.1 Å². The highest BCUT2D eigenvalue weighted by molar-refractivity contribution is 7.93. The van der Waals surface area contributed by atoms with Crippen molar-refractivity contribution in [2.45, 2.75) is 63.9 Å². The Morgan fingerprint density at radius 1 is 1.35 bits per heavy atom. The number of hydrogen-bond acceptors (Lipinski definition) is 5. The van der Waals surface area contributed by atoms with Gasteiger partial charge in [-0.3, -0.25) is 4.79 Å². The van der Waals surface area contributed by atoms with E-state index in [1.807, 2.05) is 13.8 Å². The normalized spacial score (nSPS) is 19.3. The average molecular weight is 342 g/mol. The van der Waals surface area contributed by atoms with Crippen molar-refractivity contribution in [1.82, 2.24) is 10.1 Å². The number of aromatic nitrogens is 1. The van der Waals surface area contributed by atoms with E-state index in [2.05, 4.69) is 5.16 Å². The number of amides is 1. The van der Waals surface area contributed by atoms with Crippen LogP contribution in [0.4, 0.5) is 0 Å². The lowest BCUT2D eigenvalue weighted by atomic mass is 10.1. The highest BCUT2D eigenvalue weighted by atomic mass is 32.2. The molecular formula is C16H26N2O4S. The Labute approximate surface area is 138 Å². The maximum absolute atomic E-state index is 12.5. The third-order valence-corrected chi connectivity index (χ3v) is 7.53. The first-order valence-electron chi connectivity index (χ1n) is 7.97. The second-order valence-electron chi connectivity index (χ2n) is 7.21. The highest BCUT2D eigenvalue weighted by Crippen LogP contribution is 2.27. The van der Waals surface area contributed by atoms with Crippen molar-refractivity contribution < 1.29 is 17.7 Å². The molecule has 1 aliphatic heterocycles. The van der Waals surface area contributed by atoms with E-state index in [0.29, 0.717) is 32.4 Å². The molecule has 1 fully saturated rings. The highest BCUT2D eigenvalue weighted by Gasteiger charge is 2.41. The molecule has 0 saturated carbocycles. The summed E-state index contributed by atoms with van der Waals surface area (Å²) in [7, 11) is -3.23. The standard InChI is InChI=1S/C16H26N2O4S/c1-11-14(12(2)22-17-11)6-7-15(19)18-9-8-13(10-18)23(20,21)16(3,4)5/h13H,6-10H2,1-5H3/t13-/m0/s1. The first kappa shape index (κ1) is 18.0. The van der Waals surface area contributed by atoms with E-state index in [0.717, 1.165) is 17.0 Å². The van der Waals surface area contributed by atoms with E-state index < -0.39 is 19.8 Å². The molecule has 6 nitrogen and oxygen atoms in total. The molecule has 1 aromatic heterocycles. The SMILES string of the molecule is Cc1noc(C)c1CCC(=O)N1CC[C@H](S(=O)(=O)C(C)(C)C)C1. The van der Waals surface area contributed by atoms with E-state index in [4.69, 9.17) is 4.52 Å². The molecule has 0 radical (unpaired) electrons. The van der Waals surface area contributed by atoms with Crippen molar-refractivity contribution in [3.8, 4) is 0 Å². The molecule has 0 spiro atoms. The predicted octanol–water partition coefficient (Wildman–Crippen LogP) is 2.04. The van der Waals surface area contributed by atoms with Crippen molar-refractivity contribution >= 4 is 15.7 Å². The molecule has 1 atom stereocenters. The second-order valence-corrected chi connectivity index (χ2v) is 10.2. The zero-order valence-corrected chi connectivity index (χ0v) is 15.4. The van der Waals surface area contributed by atoms with Gasteiger partial charge in [0.05, 0.1) is 15.7 Å². The van der Waals surface area contributed by atoms with Crippen LogP contribution in [0.3, 0.4) is 0 Å². The molecule has 0 unspecified atom stereocenters. The lowest BCUT2D eigenvalue weighted by Gasteiger charge is -2.24. The molecule has 2 rings (SSSR count). The number of sulfone groups is 1. The number of nitrogens with zero attached hydrogens (tertiary/aromatic N) is 2. The van der Waals surface area contributed by atoms with Gasteiger partial charge in [0.25, 0.3) is 0 Å². The van der Waals surface area contributed by atoms with E-state index in [1.54, 1.807) is 25.7 Å². The minimum Gasteiger partial charge on any atom is -0.361 e. The number of carbonyl (C=O) groups is 1. The van der Waals surface area contributed by atoms with Crippen LogP contribution in [0.15, 0.2) is 4.52 Å². The van der Waals surface area contributed by atoms with Crippen LogP contribution in [0.2, 0.25) is 0 Å². The average Bonchev–Trinajstić information content (AvgIpc) is 3.04. The van der Waals surface area contributed by atoms with Gasteiger partial charge in [-0.05, 0) is 47.5 Å². The molecule has 7 heteroatoms. The molecule has 1 aromatic rings. The molecule has 0 bridgehead atoms. The fourth-order valence-electron chi connectivity index (χ4n) is 2.96. The van der Waals surface area contributed by atoms with Crippen LogP contribution in [0, 0.1) is 13.8 Å². The van der Waals surface area contributed by atoms with Crippen molar-refractivity contribution in [3.63, 3.8) is 0 Å². The van der Waals surface area contributed by atoms with Gasteiger partial charge in [-0.25, -0.2) is 8.42 Å². The summed E-state index contributed by atoms with van der Waals surface area (Å²) in [6.45, 7) is 9.65. The second kappa shape index (κ2) is 6.26. The van der Waals surface area contributed by atoms with Crippen molar-refractivity contribution in [2.75, 3.05) is 13.1 Å². The van der Waals surface area contributed by atoms with Gasteiger partial charge in [0.15, 0.2) is 9.84 Å². The summed E-state index contributed by atoms with van der Waals surface area (Å²) >= 11 is 0. The monoisotopic (exact) mass is 342 g/mol. The minimum atomic E-state index is -3.23.